The molecular weight excluding hydrogens is 438 g/mol. The van der Waals surface area contributed by atoms with E-state index in [2.05, 4.69) is 6.58 Å². The number of urea groups is 1. The van der Waals surface area contributed by atoms with Gasteiger partial charge in [-0.15, -0.1) is 0 Å². The maximum Gasteiger partial charge on any atom is 0.331 e. The van der Waals surface area contributed by atoms with E-state index in [-0.39, 0.29) is 28.9 Å². The largest absolute Gasteiger partial charge is 0.438 e. The third-order valence-electron chi connectivity index (χ3n) is 7.39. The SMILES string of the molecule is C=C1C=Cc2c(oc(-c3ccccc3)c(-c3ccc(C4(N)CCC4)cc3)c2=O)N1C(=O)N1CC1C. The molecule has 6 rings (SSSR count). The van der Waals surface area contributed by atoms with Gasteiger partial charge in [0.25, 0.3) is 0 Å². The number of nitrogens with two attached hydrogens (primary N) is 1. The molecule has 176 valence electrons. The van der Waals surface area contributed by atoms with E-state index in [0.29, 0.717) is 29.1 Å². The third-order valence-corrected chi connectivity index (χ3v) is 7.39. The number of fused-ring (bicyclic) bond motifs is 1. The van der Waals surface area contributed by atoms with Crippen LogP contribution in [-0.4, -0.2) is 23.5 Å². The van der Waals surface area contributed by atoms with Gasteiger partial charge in [-0.2, -0.15) is 0 Å². The van der Waals surface area contributed by atoms with Crippen LogP contribution < -0.4 is 16.1 Å². The number of benzene rings is 2. The number of anilines is 1. The monoisotopic (exact) mass is 465 g/mol. The summed E-state index contributed by atoms with van der Waals surface area (Å²) in [6, 6.07) is 17.3. The first-order valence-corrected chi connectivity index (χ1v) is 12.0. The van der Waals surface area contributed by atoms with E-state index < -0.39 is 0 Å². The molecule has 0 radical (unpaired) electrons. The van der Waals surface area contributed by atoms with Crippen molar-refractivity contribution in [2.75, 3.05) is 11.4 Å². The number of carbonyl (C=O) groups is 1. The second kappa shape index (κ2) is 7.82. The van der Waals surface area contributed by atoms with Crippen molar-refractivity contribution in [1.82, 2.24) is 4.90 Å². The molecule has 2 fully saturated rings. The van der Waals surface area contributed by atoms with Crippen LogP contribution >= 0.6 is 0 Å². The zero-order chi connectivity index (χ0) is 24.3. The molecule has 6 heteroatoms. The van der Waals surface area contributed by atoms with Gasteiger partial charge >= 0.3 is 6.03 Å². The number of hydrogen-bond acceptors (Lipinski definition) is 4. The van der Waals surface area contributed by atoms with E-state index in [1.54, 1.807) is 17.1 Å². The van der Waals surface area contributed by atoms with Gasteiger partial charge in [0.2, 0.25) is 11.3 Å². The van der Waals surface area contributed by atoms with E-state index in [0.717, 1.165) is 36.0 Å². The first-order valence-electron chi connectivity index (χ1n) is 12.0. The second-order valence-corrected chi connectivity index (χ2v) is 9.75. The molecule has 6 nitrogen and oxygen atoms in total. The average Bonchev–Trinajstić information content (AvgIpc) is 3.59. The lowest BCUT2D eigenvalue weighted by atomic mass is 9.72. The van der Waals surface area contributed by atoms with Crippen molar-refractivity contribution in [3.05, 3.63) is 94.3 Å². The summed E-state index contributed by atoms with van der Waals surface area (Å²) in [4.78, 5) is 30.3. The number of nitrogens with zero attached hydrogens (tertiary/aromatic N) is 2. The van der Waals surface area contributed by atoms with Crippen LogP contribution in [0.3, 0.4) is 0 Å². The average molecular weight is 466 g/mol. The third kappa shape index (κ3) is 3.44. The second-order valence-electron chi connectivity index (χ2n) is 9.75. The Morgan fingerprint density at radius 3 is 2.34 bits per heavy atom. The normalized spacial score (nSPS) is 19.8. The Hall–Kier alpha value is -3.90. The highest BCUT2D eigenvalue weighted by atomic mass is 16.4. The van der Waals surface area contributed by atoms with Crippen LogP contribution in [0.4, 0.5) is 10.7 Å². The number of amides is 2. The maximum atomic E-state index is 14.0. The van der Waals surface area contributed by atoms with Gasteiger partial charge in [-0.3, -0.25) is 4.79 Å². The van der Waals surface area contributed by atoms with Gasteiger partial charge in [0.15, 0.2) is 0 Å². The Morgan fingerprint density at radius 2 is 1.74 bits per heavy atom. The van der Waals surface area contributed by atoms with Crippen molar-refractivity contribution < 1.29 is 9.21 Å². The van der Waals surface area contributed by atoms with Crippen molar-refractivity contribution in [3.8, 4) is 22.5 Å². The van der Waals surface area contributed by atoms with Crippen LogP contribution in [0.1, 0.15) is 37.3 Å². The Kier molecular flexibility index (Phi) is 4.83. The summed E-state index contributed by atoms with van der Waals surface area (Å²) < 4.78 is 6.44. The van der Waals surface area contributed by atoms with E-state index in [1.807, 2.05) is 61.5 Å². The fourth-order valence-electron chi connectivity index (χ4n) is 4.95. The first kappa shape index (κ1) is 21.6. The number of allylic oxidation sites excluding steroid dienone is 1. The Balaban J connectivity index is 1.54. The van der Waals surface area contributed by atoms with Crippen molar-refractivity contribution in [2.24, 2.45) is 5.73 Å². The summed E-state index contributed by atoms with van der Waals surface area (Å²) in [6.45, 7) is 6.68. The van der Waals surface area contributed by atoms with Crippen LogP contribution in [0.5, 0.6) is 0 Å². The highest BCUT2D eigenvalue weighted by molar-refractivity contribution is 6.00. The van der Waals surface area contributed by atoms with Gasteiger partial charge in [0.1, 0.15) is 5.76 Å². The molecule has 2 aromatic carbocycles. The minimum absolute atomic E-state index is 0.157. The van der Waals surface area contributed by atoms with Crippen molar-refractivity contribution in [1.29, 1.82) is 0 Å². The van der Waals surface area contributed by atoms with Gasteiger partial charge in [-0.1, -0.05) is 61.2 Å². The Bertz CT molecular complexity index is 1430. The smallest absolute Gasteiger partial charge is 0.331 e. The molecule has 1 unspecified atom stereocenters. The zero-order valence-electron chi connectivity index (χ0n) is 19.7. The molecule has 0 spiro atoms. The first-order chi connectivity index (χ1) is 16.9. The molecule has 1 saturated carbocycles. The fraction of sp³-hybridized carbons (Fsp3) is 0.241. The summed E-state index contributed by atoms with van der Waals surface area (Å²) in [6.07, 6.45) is 6.45. The minimum Gasteiger partial charge on any atom is -0.438 e. The molecule has 3 aliphatic rings. The summed E-state index contributed by atoms with van der Waals surface area (Å²) in [5.41, 5.74) is 9.91. The fourth-order valence-corrected chi connectivity index (χ4v) is 4.95. The minimum atomic E-state index is -0.277. The van der Waals surface area contributed by atoms with E-state index in [9.17, 15) is 9.59 Å². The summed E-state index contributed by atoms with van der Waals surface area (Å²) in [5.74, 6) is 0.633. The molecular formula is C29H27N3O3. The van der Waals surface area contributed by atoms with Crippen LogP contribution in [0.25, 0.3) is 28.5 Å². The molecule has 1 aliphatic carbocycles. The molecule has 2 aliphatic heterocycles. The summed E-state index contributed by atoms with van der Waals surface area (Å²) in [7, 11) is 0. The van der Waals surface area contributed by atoms with E-state index in [4.69, 9.17) is 10.2 Å². The standard InChI is InChI=1S/C29H27N3O3/c1-18-9-14-23-25(33)24(20-10-12-22(13-11-20)29(30)15-6-16-29)26(21-7-4-3-5-8-21)35-27(23)32(18)28(34)31-17-19(31)2/h3-5,7-14,19H,1,6,15-17,30H2,2H3. The molecule has 3 heterocycles. The maximum absolute atomic E-state index is 14.0. The predicted octanol–water partition coefficient (Wildman–Crippen LogP) is 5.48. The lowest BCUT2D eigenvalue weighted by molar-refractivity contribution is 0.234. The van der Waals surface area contributed by atoms with Gasteiger partial charge in [-0.05, 0) is 49.5 Å². The van der Waals surface area contributed by atoms with Crippen molar-refractivity contribution in [3.63, 3.8) is 0 Å². The van der Waals surface area contributed by atoms with Crippen LogP contribution in [-0.2, 0) is 5.54 Å². The molecule has 2 N–H and O–H groups in total. The van der Waals surface area contributed by atoms with Crippen LogP contribution in [0.2, 0.25) is 0 Å². The van der Waals surface area contributed by atoms with Gasteiger partial charge in [0, 0.05) is 29.4 Å². The Morgan fingerprint density at radius 1 is 1.06 bits per heavy atom. The summed E-state index contributed by atoms with van der Waals surface area (Å²) >= 11 is 0. The highest BCUT2D eigenvalue weighted by Crippen LogP contribution is 2.41. The van der Waals surface area contributed by atoms with Crippen LogP contribution in [0, 0.1) is 0 Å². The molecule has 2 amide bonds. The van der Waals surface area contributed by atoms with Crippen molar-refractivity contribution in [2.45, 2.75) is 37.8 Å². The quantitative estimate of drug-likeness (QED) is 0.519. The molecule has 0 bridgehead atoms. The number of hydrogen-bond donors (Lipinski definition) is 1. The summed E-state index contributed by atoms with van der Waals surface area (Å²) in [5, 5.41) is 0. The van der Waals surface area contributed by atoms with E-state index in [1.165, 1.54) is 4.90 Å². The number of carbonyl (C=O) groups excluding carboxylic acids is 1. The Labute approximate surface area is 204 Å². The van der Waals surface area contributed by atoms with Gasteiger partial charge in [-0.25, -0.2) is 9.69 Å². The molecule has 1 atom stereocenters. The van der Waals surface area contributed by atoms with Crippen molar-refractivity contribution >= 4 is 18.0 Å². The lowest BCUT2D eigenvalue weighted by Crippen LogP contribution is -2.43. The lowest BCUT2D eigenvalue weighted by Gasteiger charge is -2.38. The highest BCUT2D eigenvalue weighted by Gasteiger charge is 2.41. The molecule has 1 saturated heterocycles. The predicted molar refractivity (Wildman–Crippen MR) is 138 cm³/mol. The number of rotatable bonds is 3. The van der Waals surface area contributed by atoms with Crippen LogP contribution in [0.15, 0.2) is 82.2 Å². The molecule has 3 aromatic rings. The molecule has 35 heavy (non-hydrogen) atoms. The zero-order valence-corrected chi connectivity index (χ0v) is 19.7. The van der Waals surface area contributed by atoms with Gasteiger partial charge < -0.3 is 15.1 Å². The van der Waals surface area contributed by atoms with E-state index >= 15 is 0 Å². The topological polar surface area (TPSA) is 79.5 Å². The van der Waals surface area contributed by atoms with Gasteiger partial charge in [0.05, 0.1) is 11.1 Å². The molecule has 1 aromatic heterocycles.